The predicted octanol–water partition coefficient (Wildman–Crippen LogP) is 4.30. The molecule has 0 radical (unpaired) electrons. The van der Waals surface area contributed by atoms with E-state index in [4.69, 9.17) is 0 Å². The zero-order chi connectivity index (χ0) is 16.1. The molecule has 0 aromatic heterocycles. The summed E-state index contributed by atoms with van der Waals surface area (Å²) in [4.78, 5) is 12.3. The van der Waals surface area contributed by atoms with Crippen LogP contribution in [0.5, 0.6) is 0 Å². The summed E-state index contributed by atoms with van der Waals surface area (Å²) < 4.78 is 39.2. The summed E-state index contributed by atoms with van der Waals surface area (Å²) >= 11 is 3.23. The number of carbonyl (C=O) groups is 1. The van der Waals surface area contributed by atoms with E-state index in [1.54, 1.807) is 24.3 Å². The van der Waals surface area contributed by atoms with Crippen LogP contribution >= 0.6 is 15.9 Å². The van der Waals surface area contributed by atoms with Crippen LogP contribution in [0.1, 0.15) is 21.5 Å². The summed E-state index contributed by atoms with van der Waals surface area (Å²) in [5.41, 5.74) is -1.11. The van der Waals surface area contributed by atoms with E-state index in [9.17, 15) is 23.2 Å². The molecular weight excluding hydrogens is 363 g/mol. The predicted molar refractivity (Wildman–Crippen MR) is 77.3 cm³/mol. The molecule has 3 rings (SSSR count). The fourth-order valence-corrected chi connectivity index (χ4v) is 2.69. The minimum Gasteiger partial charge on any atom is -0.618 e. The van der Waals surface area contributed by atoms with E-state index >= 15 is 0 Å². The molecule has 0 unspecified atom stereocenters. The molecule has 7 heteroatoms. The molecule has 0 spiro atoms. The quantitative estimate of drug-likeness (QED) is 0.555. The Morgan fingerprint density at radius 2 is 1.82 bits per heavy atom. The largest absolute Gasteiger partial charge is 0.618 e. The molecule has 0 atom stereocenters. The Kier molecular flexibility index (Phi) is 3.32. The van der Waals surface area contributed by atoms with Gasteiger partial charge in [0, 0.05) is 10.5 Å². The molecule has 0 amide bonds. The first-order valence-electron chi connectivity index (χ1n) is 6.15. The van der Waals surface area contributed by atoms with Gasteiger partial charge < -0.3 is 5.21 Å². The average Bonchev–Trinajstić information content (AvgIpc) is 2.69. The van der Waals surface area contributed by atoms with Gasteiger partial charge in [-0.15, -0.1) is 0 Å². The van der Waals surface area contributed by atoms with Crippen LogP contribution in [-0.4, -0.2) is 16.2 Å². The second-order valence-electron chi connectivity index (χ2n) is 4.71. The van der Waals surface area contributed by atoms with E-state index in [-0.39, 0.29) is 17.0 Å². The van der Waals surface area contributed by atoms with E-state index in [1.807, 2.05) is 0 Å². The number of hydrogen-bond acceptors (Lipinski definition) is 2. The van der Waals surface area contributed by atoms with Crippen molar-refractivity contribution in [2.75, 3.05) is 0 Å². The van der Waals surface area contributed by atoms with Crippen LogP contribution in [0.4, 0.5) is 18.9 Å². The van der Waals surface area contributed by atoms with E-state index in [0.29, 0.717) is 20.8 Å². The van der Waals surface area contributed by atoms with Gasteiger partial charge in [-0.2, -0.15) is 17.9 Å². The van der Waals surface area contributed by atoms with Crippen molar-refractivity contribution in [3.05, 3.63) is 68.8 Å². The number of fused-ring (bicyclic) bond motifs is 1. The molecule has 0 saturated carbocycles. The van der Waals surface area contributed by atoms with Crippen LogP contribution in [0.3, 0.4) is 0 Å². The Bertz CT molecular complexity index is 828. The molecule has 112 valence electrons. The number of nitrogens with zero attached hydrogens (tertiary/aromatic N) is 1. The fraction of sp³-hybridized carbons (Fsp3) is 0.0667. The molecule has 0 fully saturated rings. The second-order valence-corrected chi connectivity index (χ2v) is 5.63. The van der Waals surface area contributed by atoms with Gasteiger partial charge in [0.05, 0.1) is 11.1 Å². The first-order chi connectivity index (χ1) is 10.3. The van der Waals surface area contributed by atoms with Crippen molar-refractivity contribution in [1.29, 1.82) is 0 Å². The van der Waals surface area contributed by atoms with E-state index < -0.39 is 17.5 Å². The lowest BCUT2D eigenvalue weighted by Crippen LogP contribution is -2.16. The lowest BCUT2D eigenvalue weighted by atomic mass is 10.0. The maximum atomic E-state index is 12.7. The van der Waals surface area contributed by atoms with Crippen LogP contribution in [0.2, 0.25) is 0 Å². The third-order valence-corrected chi connectivity index (χ3v) is 3.80. The maximum absolute atomic E-state index is 12.7. The number of rotatable bonds is 1. The van der Waals surface area contributed by atoms with Crippen molar-refractivity contribution in [3.63, 3.8) is 0 Å². The van der Waals surface area contributed by atoms with Crippen LogP contribution in [0.25, 0.3) is 0 Å². The van der Waals surface area contributed by atoms with Crippen molar-refractivity contribution in [3.8, 4) is 0 Å². The zero-order valence-corrected chi connectivity index (χ0v) is 12.4. The van der Waals surface area contributed by atoms with Crippen molar-refractivity contribution in [2.24, 2.45) is 0 Å². The zero-order valence-electron chi connectivity index (χ0n) is 10.8. The Hall–Kier alpha value is -2.15. The fourth-order valence-electron chi connectivity index (χ4n) is 2.30. The number of benzene rings is 2. The maximum Gasteiger partial charge on any atom is 0.416 e. The third kappa shape index (κ3) is 2.31. The Morgan fingerprint density at radius 3 is 2.45 bits per heavy atom. The van der Waals surface area contributed by atoms with Crippen molar-refractivity contribution in [2.45, 2.75) is 6.18 Å². The van der Waals surface area contributed by atoms with Crippen molar-refractivity contribution >= 4 is 33.1 Å². The minimum absolute atomic E-state index is 0.0759. The van der Waals surface area contributed by atoms with Gasteiger partial charge in [-0.1, -0.05) is 22.0 Å². The molecule has 1 heterocycles. The Morgan fingerprint density at radius 1 is 1.09 bits per heavy atom. The van der Waals surface area contributed by atoms with Gasteiger partial charge in [0.15, 0.2) is 0 Å². The molecule has 1 aliphatic heterocycles. The van der Waals surface area contributed by atoms with Crippen molar-refractivity contribution < 1.29 is 22.7 Å². The lowest BCUT2D eigenvalue weighted by Gasteiger charge is -2.06. The number of ketones is 1. The molecule has 0 bridgehead atoms. The Balaban J connectivity index is 2.14. The van der Waals surface area contributed by atoms with Crippen LogP contribution in [0, 0.1) is 5.21 Å². The number of halogens is 4. The average molecular weight is 370 g/mol. The summed E-state index contributed by atoms with van der Waals surface area (Å²) in [6, 6.07) is 9.00. The second kappa shape index (κ2) is 4.95. The summed E-state index contributed by atoms with van der Waals surface area (Å²) in [6.45, 7) is 0. The number of hydrogen-bond donors (Lipinski definition) is 0. The van der Waals surface area contributed by atoms with Gasteiger partial charge in [-0.3, -0.25) is 4.79 Å². The molecule has 2 aromatic carbocycles. The SMILES string of the molecule is O=C1C(c2cccc(Br)c2)=[N+]([O-])c2ccc(C(F)(F)F)cc21. The van der Waals surface area contributed by atoms with E-state index in [0.717, 1.165) is 12.1 Å². The number of alkyl halides is 3. The first-order valence-corrected chi connectivity index (χ1v) is 6.94. The van der Waals surface area contributed by atoms with Crippen LogP contribution < -0.4 is 0 Å². The normalized spacial score (nSPS) is 14.5. The van der Waals surface area contributed by atoms with Gasteiger partial charge in [0.2, 0.25) is 5.69 Å². The van der Waals surface area contributed by atoms with E-state index in [1.165, 1.54) is 0 Å². The lowest BCUT2D eigenvalue weighted by molar-refractivity contribution is -0.355. The topological polar surface area (TPSA) is 43.1 Å². The molecule has 22 heavy (non-hydrogen) atoms. The smallest absolute Gasteiger partial charge is 0.416 e. The van der Waals surface area contributed by atoms with Gasteiger partial charge in [-0.25, -0.2) is 0 Å². The number of carbonyl (C=O) groups excluding carboxylic acids is 1. The molecule has 0 aliphatic carbocycles. The molecule has 0 saturated heterocycles. The van der Waals surface area contributed by atoms with Gasteiger partial charge >= 0.3 is 6.18 Å². The van der Waals surface area contributed by atoms with Crippen LogP contribution in [0.15, 0.2) is 46.9 Å². The van der Waals surface area contributed by atoms with Gasteiger partial charge in [0.25, 0.3) is 11.5 Å². The summed E-state index contributed by atoms with van der Waals surface area (Å²) in [5.74, 6) is -0.714. The molecule has 2 aromatic rings. The molecule has 3 nitrogen and oxygen atoms in total. The summed E-state index contributed by atoms with van der Waals surface area (Å²) in [6.07, 6.45) is -4.57. The van der Waals surface area contributed by atoms with Crippen molar-refractivity contribution in [1.82, 2.24) is 0 Å². The molecular formula is C15H7BrF3NO2. The third-order valence-electron chi connectivity index (χ3n) is 3.30. The number of Topliss-reactive ketones (excluding diaryl/α,β-unsaturated/α-hetero) is 1. The summed E-state index contributed by atoms with van der Waals surface area (Å²) in [7, 11) is 0. The first kappa shape index (κ1) is 14.8. The van der Waals surface area contributed by atoms with Crippen LogP contribution in [-0.2, 0) is 6.18 Å². The van der Waals surface area contributed by atoms with Gasteiger partial charge in [0.1, 0.15) is 5.56 Å². The minimum atomic E-state index is -4.57. The standard InChI is InChI=1S/C15H7BrF3NO2/c16-10-3-1-2-8(6-10)13-14(21)11-7-9(15(17,18)19)4-5-12(11)20(13)22/h1-7H. The monoisotopic (exact) mass is 369 g/mol. The Labute approximate surface area is 131 Å². The highest BCUT2D eigenvalue weighted by molar-refractivity contribution is 9.10. The highest BCUT2D eigenvalue weighted by atomic mass is 79.9. The van der Waals surface area contributed by atoms with E-state index in [2.05, 4.69) is 15.9 Å². The highest BCUT2D eigenvalue weighted by Crippen LogP contribution is 2.35. The van der Waals surface area contributed by atoms with Gasteiger partial charge in [-0.05, 0) is 30.3 Å². The highest BCUT2D eigenvalue weighted by Gasteiger charge is 2.40. The summed E-state index contributed by atoms with van der Waals surface area (Å²) in [5, 5.41) is 12.2. The molecule has 0 N–H and O–H groups in total. The molecule has 1 aliphatic rings.